The average molecular weight is 331 g/mol. The standard InChI is InChI=1S/C22H22OSi/c1-17-8-7-9-19(16-17)22(23)18-12-14-21(15-13-18)24(2,3)20-10-5-4-6-11-20/h4-16H,1-3H3. The highest BCUT2D eigenvalue weighted by Crippen LogP contribution is 2.12. The van der Waals surface area contributed by atoms with E-state index in [1.165, 1.54) is 10.4 Å². The number of carbonyl (C=O) groups is 1. The van der Waals surface area contributed by atoms with Crippen molar-refractivity contribution in [3.63, 3.8) is 0 Å². The van der Waals surface area contributed by atoms with Crippen molar-refractivity contribution in [3.8, 4) is 0 Å². The molecule has 0 saturated carbocycles. The molecule has 0 aliphatic carbocycles. The highest BCUT2D eigenvalue weighted by molar-refractivity contribution is 7.00. The van der Waals surface area contributed by atoms with Gasteiger partial charge in [-0.2, -0.15) is 0 Å². The highest BCUT2D eigenvalue weighted by atomic mass is 28.3. The molecule has 0 bridgehead atoms. The third-order valence-electron chi connectivity index (χ3n) is 4.64. The fourth-order valence-electron chi connectivity index (χ4n) is 3.01. The minimum absolute atomic E-state index is 0.0874. The lowest BCUT2D eigenvalue weighted by Gasteiger charge is -2.23. The number of benzene rings is 3. The van der Waals surface area contributed by atoms with Crippen molar-refractivity contribution in [3.05, 3.63) is 95.6 Å². The fourth-order valence-corrected chi connectivity index (χ4v) is 5.37. The maximum absolute atomic E-state index is 12.6. The average Bonchev–Trinajstić information content (AvgIpc) is 2.62. The van der Waals surface area contributed by atoms with Gasteiger partial charge in [0.2, 0.25) is 0 Å². The molecule has 0 radical (unpaired) electrons. The van der Waals surface area contributed by atoms with Crippen LogP contribution in [0, 0.1) is 6.92 Å². The van der Waals surface area contributed by atoms with Crippen molar-refractivity contribution in [2.45, 2.75) is 20.0 Å². The summed E-state index contributed by atoms with van der Waals surface area (Å²) in [7, 11) is -1.71. The fraction of sp³-hybridized carbons (Fsp3) is 0.136. The molecule has 24 heavy (non-hydrogen) atoms. The Morgan fingerprint density at radius 3 is 1.96 bits per heavy atom. The summed E-state index contributed by atoms with van der Waals surface area (Å²) in [6, 6.07) is 26.6. The summed E-state index contributed by atoms with van der Waals surface area (Å²) in [6.45, 7) is 6.70. The Bertz CT molecular complexity index is 849. The summed E-state index contributed by atoms with van der Waals surface area (Å²) in [5.41, 5.74) is 2.61. The topological polar surface area (TPSA) is 17.1 Å². The van der Waals surface area contributed by atoms with Crippen molar-refractivity contribution in [1.29, 1.82) is 0 Å². The van der Waals surface area contributed by atoms with Crippen LogP contribution >= 0.6 is 0 Å². The van der Waals surface area contributed by atoms with E-state index >= 15 is 0 Å². The van der Waals surface area contributed by atoms with Crippen molar-refractivity contribution >= 4 is 24.2 Å². The molecule has 0 N–H and O–H groups in total. The minimum Gasteiger partial charge on any atom is -0.289 e. The van der Waals surface area contributed by atoms with Gasteiger partial charge in [-0.3, -0.25) is 4.79 Å². The van der Waals surface area contributed by atoms with Crippen molar-refractivity contribution in [2.75, 3.05) is 0 Å². The first-order valence-electron chi connectivity index (χ1n) is 8.26. The Balaban J connectivity index is 1.89. The SMILES string of the molecule is Cc1cccc(C(=O)c2ccc([Si](C)(C)c3ccccc3)cc2)c1. The molecular formula is C22H22OSi. The van der Waals surface area contributed by atoms with Crippen LogP contribution in [0.3, 0.4) is 0 Å². The Hall–Kier alpha value is -2.45. The maximum Gasteiger partial charge on any atom is 0.193 e. The van der Waals surface area contributed by atoms with E-state index in [2.05, 4.69) is 55.6 Å². The number of carbonyl (C=O) groups excluding carboxylic acids is 1. The molecule has 2 heteroatoms. The van der Waals surface area contributed by atoms with Gasteiger partial charge in [-0.1, -0.05) is 102 Å². The van der Waals surface area contributed by atoms with Crippen LogP contribution in [-0.4, -0.2) is 13.9 Å². The van der Waals surface area contributed by atoms with Crippen LogP contribution in [0.25, 0.3) is 0 Å². The zero-order chi connectivity index (χ0) is 17.2. The molecule has 0 fully saturated rings. The summed E-state index contributed by atoms with van der Waals surface area (Å²) >= 11 is 0. The van der Waals surface area contributed by atoms with Gasteiger partial charge in [-0.05, 0) is 13.0 Å². The first-order chi connectivity index (χ1) is 11.5. The summed E-state index contributed by atoms with van der Waals surface area (Å²) in [4.78, 5) is 12.6. The molecule has 0 saturated heterocycles. The Kier molecular flexibility index (Phi) is 4.50. The Labute approximate surface area is 145 Å². The van der Waals surface area contributed by atoms with E-state index in [9.17, 15) is 4.79 Å². The van der Waals surface area contributed by atoms with Crippen molar-refractivity contribution in [2.24, 2.45) is 0 Å². The first-order valence-corrected chi connectivity index (χ1v) is 11.3. The summed E-state index contributed by atoms with van der Waals surface area (Å²) in [5, 5.41) is 2.75. The number of hydrogen-bond donors (Lipinski definition) is 0. The van der Waals surface area contributed by atoms with Crippen LogP contribution in [0.1, 0.15) is 21.5 Å². The van der Waals surface area contributed by atoms with E-state index in [1.54, 1.807) is 0 Å². The molecule has 0 heterocycles. The van der Waals surface area contributed by atoms with Crippen LogP contribution in [0.4, 0.5) is 0 Å². The largest absolute Gasteiger partial charge is 0.289 e. The van der Waals surface area contributed by atoms with Gasteiger partial charge in [0.15, 0.2) is 5.78 Å². The second-order valence-corrected chi connectivity index (χ2v) is 11.2. The lowest BCUT2D eigenvalue weighted by atomic mass is 10.0. The molecule has 3 rings (SSSR count). The highest BCUT2D eigenvalue weighted by Gasteiger charge is 2.25. The third-order valence-corrected chi connectivity index (χ3v) is 8.20. The van der Waals surface area contributed by atoms with Gasteiger partial charge in [-0.15, -0.1) is 0 Å². The molecule has 0 aliphatic rings. The van der Waals surface area contributed by atoms with Crippen LogP contribution in [0.15, 0.2) is 78.9 Å². The number of aryl methyl sites for hydroxylation is 1. The predicted molar refractivity (Wildman–Crippen MR) is 104 cm³/mol. The van der Waals surface area contributed by atoms with Gasteiger partial charge in [0.25, 0.3) is 0 Å². The zero-order valence-electron chi connectivity index (χ0n) is 14.4. The van der Waals surface area contributed by atoms with E-state index in [1.807, 2.05) is 43.3 Å². The molecule has 120 valence electrons. The quantitative estimate of drug-likeness (QED) is 0.521. The monoisotopic (exact) mass is 330 g/mol. The van der Waals surface area contributed by atoms with E-state index in [-0.39, 0.29) is 5.78 Å². The molecule has 3 aromatic rings. The minimum atomic E-state index is -1.71. The molecule has 0 aromatic heterocycles. The summed E-state index contributed by atoms with van der Waals surface area (Å²) < 4.78 is 0. The lowest BCUT2D eigenvalue weighted by molar-refractivity contribution is 0.103. The molecular weight excluding hydrogens is 308 g/mol. The maximum atomic E-state index is 12.6. The van der Waals surface area contributed by atoms with Crippen molar-refractivity contribution in [1.82, 2.24) is 0 Å². The van der Waals surface area contributed by atoms with Crippen molar-refractivity contribution < 1.29 is 4.79 Å². The zero-order valence-corrected chi connectivity index (χ0v) is 15.4. The lowest BCUT2D eigenvalue weighted by Crippen LogP contribution is -2.52. The second kappa shape index (κ2) is 6.58. The summed E-state index contributed by atoms with van der Waals surface area (Å²) in [5.74, 6) is 0.0874. The molecule has 3 aromatic carbocycles. The predicted octanol–water partition coefficient (Wildman–Crippen LogP) is 4.05. The van der Waals surface area contributed by atoms with Gasteiger partial charge in [-0.25, -0.2) is 0 Å². The normalized spacial score (nSPS) is 11.3. The van der Waals surface area contributed by atoms with Gasteiger partial charge < -0.3 is 0 Å². The Morgan fingerprint density at radius 1 is 0.708 bits per heavy atom. The van der Waals surface area contributed by atoms with Crippen LogP contribution in [0.5, 0.6) is 0 Å². The second-order valence-electron chi connectivity index (χ2n) is 6.77. The van der Waals surface area contributed by atoms with E-state index in [0.29, 0.717) is 0 Å². The smallest absolute Gasteiger partial charge is 0.193 e. The number of hydrogen-bond acceptors (Lipinski definition) is 1. The number of rotatable bonds is 4. The van der Waals surface area contributed by atoms with Crippen LogP contribution in [0.2, 0.25) is 13.1 Å². The molecule has 0 amide bonds. The van der Waals surface area contributed by atoms with Gasteiger partial charge in [0.05, 0.1) is 0 Å². The van der Waals surface area contributed by atoms with Crippen LogP contribution < -0.4 is 10.4 Å². The van der Waals surface area contributed by atoms with E-state index < -0.39 is 8.07 Å². The summed E-state index contributed by atoms with van der Waals surface area (Å²) in [6.07, 6.45) is 0. The molecule has 0 unspecified atom stereocenters. The van der Waals surface area contributed by atoms with Gasteiger partial charge in [0, 0.05) is 11.1 Å². The third kappa shape index (κ3) is 3.24. The van der Waals surface area contributed by atoms with Gasteiger partial charge >= 0.3 is 0 Å². The molecule has 1 nitrogen and oxygen atoms in total. The molecule has 0 spiro atoms. The first kappa shape index (κ1) is 16.4. The number of ketones is 1. The van der Waals surface area contributed by atoms with Gasteiger partial charge in [0.1, 0.15) is 8.07 Å². The van der Waals surface area contributed by atoms with Crippen LogP contribution in [-0.2, 0) is 0 Å². The van der Waals surface area contributed by atoms with E-state index in [4.69, 9.17) is 0 Å². The molecule has 0 atom stereocenters. The molecule has 0 aliphatic heterocycles. The van der Waals surface area contributed by atoms with E-state index in [0.717, 1.165) is 16.7 Å². The Morgan fingerprint density at radius 2 is 1.33 bits per heavy atom.